The molecular formula is C18H23FN4O. The average molecular weight is 330 g/mol. The third-order valence-corrected chi connectivity index (χ3v) is 5.10. The Morgan fingerprint density at radius 3 is 2.75 bits per heavy atom. The summed E-state index contributed by atoms with van der Waals surface area (Å²) in [6.45, 7) is 2.44. The van der Waals surface area contributed by atoms with E-state index in [0.29, 0.717) is 18.5 Å². The van der Waals surface area contributed by atoms with Gasteiger partial charge in [0.15, 0.2) is 0 Å². The van der Waals surface area contributed by atoms with E-state index in [9.17, 15) is 9.50 Å². The summed E-state index contributed by atoms with van der Waals surface area (Å²) >= 11 is 0. The van der Waals surface area contributed by atoms with Crippen molar-refractivity contribution < 1.29 is 9.50 Å². The molecule has 0 radical (unpaired) electrons. The van der Waals surface area contributed by atoms with E-state index in [4.69, 9.17) is 0 Å². The Hall–Kier alpha value is -1.79. The summed E-state index contributed by atoms with van der Waals surface area (Å²) < 4.78 is 15.3. The molecule has 1 aliphatic carbocycles. The summed E-state index contributed by atoms with van der Waals surface area (Å²) in [6, 6.07) is 6.71. The highest BCUT2D eigenvalue weighted by atomic mass is 19.1. The highest BCUT2D eigenvalue weighted by Gasteiger charge is 2.31. The van der Waals surface area contributed by atoms with Crippen LogP contribution in [0.25, 0.3) is 0 Å². The van der Waals surface area contributed by atoms with Gasteiger partial charge >= 0.3 is 0 Å². The van der Waals surface area contributed by atoms with Gasteiger partial charge in [0.05, 0.1) is 6.10 Å². The topological polar surface area (TPSA) is 54.2 Å². The maximum Gasteiger partial charge on any atom is 0.137 e. The van der Waals surface area contributed by atoms with E-state index >= 15 is 0 Å². The number of hydrogen-bond donors (Lipinski definition) is 1. The van der Waals surface area contributed by atoms with Crippen LogP contribution in [0.3, 0.4) is 0 Å². The van der Waals surface area contributed by atoms with Gasteiger partial charge in [0.25, 0.3) is 0 Å². The molecule has 6 heteroatoms. The highest BCUT2D eigenvalue weighted by Crippen LogP contribution is 2.38. The molecule has 2 heterocycles. The van der Waals surface area contributed by atoms with Gasteiger partial charge < -0.3 is 9.67 Å². The first kappa shape index (κ1) is 15.7. The zero-order valence-corrected chi connectivity index (χ0v) is 13.7. The van der Waals surface area contributed by atoms with E-state index in [-0.39, 0.29) is 5.82 Å². The molecule has 1 N–H and O–H groups in total. The molecule has 2 fully saturated rings. The number of likely N-dealkylation sites (tertiary alicyclic amines) is 1. The Balaban J connectivity index is 1.41. The van der Waals surface area contributed by atoms with Crippen LogP contribution in [0.4, 0.5) is 4.39 Å². The van der Waals surface area contributed by atoms with Crippen molar-refractivity contribution >= 4 is 0 Å². The standard InChI is InChI=1S/C18H23FN4O/c19-15-5-3-13(4-6-15)17(24)11-22-9-1-2-14(10-22)18-21-20-12-23(18)16-7-8-16/h3-6,12,14,16-17,24H,1-2,7-11H2. The van der Waals surface area contributed by atoms with Gasteiger partial charge in [0.1, 0.15) is 18.0 Å². The predicted octanol–water partition coefficient (Wildman–Crippen LogP) is 2.67. The van der Waals surface area contributed by atoms with Gasteiger partial charge in [0.2, 0.25) is 0 Å². The van der Waals surface area contributed by atoms with Crippen molar-refractivity contribution in [3.63, 3.8) is 0 Å². The van der Waals surface area contributed by atoms with E-state index in [0.717, 1.165) is 37.3 Å². The minimum Gasteiger partial charge on any atom is -0.387 e. The number of aromatic nitrogens is 3. The summed E-state index contributed by atoms with van der Waals surface area (Å²) in [5.41, 5.74) is 0.764. The Kier molecular flexibility index (Phi) is 4.33. The molecule has 1 aromatic heterocycles. The molecule has 2 aromatic rings. The summed E-state index contributed by atoms with van der Waals surface area (Å²) in [6.07, 6.45) is 5.94. The first-order chi connectivity index (χ1) is 11.7. The number of β-amino-alcohol motifs (C(OH)–C–C–N with tert-alkyl or cyclic N) is 1. The quantitative estimate of drug-likeness (QED) is 0.916. The molecule has 24 heavy (non-hydrogen) atoms. The monoisotopic (exact) mass is 330 g/mol. The fourth-order valence-corrected chi connectivity index (χ4v) is 3.64. The number of aliphatic hydroxyl groups is 1. The summed E-state index contributed by atoms with van der Waals surface area (Å²) in [5.74, 6) is 1.20. The van der Waals surface area contributed by atoms with E-state index in [2.05, 4.69) is 19.7 Å². The molecule has 1 aromatic carbocycles. The van der Waals surface area contributed by atoms with Crippen LogP contribution in [0.5, 0.6) is 0 Å². The van der Waals surface area contributed by atoms with Crippen LogP contribution in [0.1, 0.15) is 55.1 Å². The number of rotatable bonds is 5. The largest absolute Gasteiger partial charge is 0.387 e. The lowest BCUT2D eigenvalue weighted by atomic mass is 9.96. The maximum absolute atomic E-state index is 13.0. The van der Waals surface area contributed by atoms with E-state index in [1.165, 1.54) is 25.0 Å². The molecule has 2 aliphatic rings. The molecule has 0 bridgehead atoms. The molecule has 5 nitrogen and oxygen atoms in total. The maximum atomic E-state index is 13.0. The smallest absolute Gasteiger partial charge is 0.137 e. The van der Waals surface area contributed by atoms with Crippen molar-refractivity contribution in [1.82, 2.24) is 19.7 Å². The lowest BCUT2D eigenvalue weighted by molar-refractivity contribution is 0.0940. The highest BCUT2D eigenvalue weighted by molar-refractivity contribution is 5.19. The number of hydrogen-bond acceptors (Lipinski definition) is 4. The van der Waals surface area contributed by atoms with Gasteiger partial charge in [-0.15, -0.1) is 10.2 Å². The number of piperidine rings is 1. The second kappa shape index (κ2) is 6.61. The summed E-state index contributed by atoms with van der Waals surface area (Å²) in [5, 5.41) is 18.9. The fraction of sp³-hybridized carbons (Fsp3) is 0.556. The normalized spacial score (nSPS) is 23.3. The first-order valence-corrected chi connectivity index (χ1v) is 8.76. The van der Waals surface area contributed by atoms with E-state index in [1.54, 1.807) is 12.1 Å². The molecule has 1 aliphatic heterocycles. The fourth-order valence-electron chi connectivity index (χ4n) is 3.64. The average Bonchev–Trinajstić information content (AvgIpc) is 3.32. The van der Waals surface area contributed by atoms with Gasteiger partial charge in [-0.25, -0.2) is 4.39 Å². The van der Waals surface area contributed by atoms with Crippen molar-refractivity contribution in [1.29, 1.82) is 0 Å². The van der Waals surface area contributed by atoms with Crippen molar-refractivity contribution in [3.8, 4) is 0 Å². The van der Waals surface area contributed by atoms with Crippen molar-refractivity contribution in [2.75, 3.05) is 19.6 Å². The Morgan fingerprint density at radius 1 is 1.21 bits per heavy atom. The lowest BCUT2D eigenvalue weighted by Crippen LogP contribution is -2.38. The van der Waals surface area contributed by atoms with Crippen LogP contribution in [-0.4, -0.2) is 44.4 Å². The number of halogens is 1. The van der Waals surface area contributed by atoms with E-state index in [1.807, 2.05) is 6.33 Å². The van der Waals surface area contributed by atoms with Gasteiger partial charge in [-0.1, -0.05) is 12.1 Å². The zero-order chi connectivity index (χ0) is 16.5. The molecule has 0 spiro atoms. The molecule has 128 valence electrons. The van der Waals surface area contributed by atoms with Crippen LogP contribution in [0.2, 0.25) is 0 Å². The minimum atomic E-state index is -0.592. The summed E-state index contributed by atoms with van der Waals surface area (Å²) in [4.78, 5) is 2.29. The third-order valence-electron chi connectivity index (χ3n) is 5.10. The minimum absolute atomic E-state index is 0.275. The van der Waals surface area contributed by atoms with Gasteiger partial charge in [-0.2, -0.15) is 0 Å². The zero-order valence-electron chi connectivity index (χ0n) is 13.7. The SMILES string of the molecule is OC(CN1CCCC(c2nncn2C2CC2)C1)c1ccc(F)cc1. The molecule has 2 atom stereocenters. The van der Waals surface area contributed by atoms with Crippen LogP contribution in [0, 0.1) is 5.82 Å². The predicted molar refractivity (Wildman–Crippen MR) is 88.1 cm³/mol. The molecule has 0 amide bonds. The molecule has 1 saturated heterocycles. The van der Waals surface area contributed by atoms with E-state index < -0.39 is 6.10 Å². The van der Waals surface area contributed by atoms with Gasteiger partial charge in [-0.3, -0.25) is 4.90 Å². The second-order valence-electron chi connectivity index (χ2n) is 6.99. The van der Waals surface area contributed by atoms with Crippen molar-refractivity contribution in [3.05, 3.63) is 47.8 Å². The lowest BCUT2D eigenvalue weighted by Gasteiger charge is -2.33. The second-order valence-corrected chi connectivity index (χ2v) is 6.99. The molecule has 1 saturated carbocycles. The van der Waals surface area contributed by atoms with Crippen molar-refractivity contribution in [2.24, 2.45) is 0 Å². The van der Waals surface area contributed by atoms with Crippen LogP contribution < -0.4 is 0 Å². The Labute approximate surface area is 141 Å². The van der Waals surface area contributed by atoms with Crippen molar-refractivity contribution in [2.45, 2.75) is 43.7 Å². The first-order valence-electron chi connectivity index (χ1n) is 8.76. The molecule has 2 unspecified atom stereocenters. The van der Waals surface area contributed by atoms with Crippen LogP contribution in [-0.2, 0) is 0 Å². The van der Waals surface area contributed by atoms with Crippen LogP contribution >= 0.6 is 0 Å². The summed E-state index contributed by atoms with van der Waals surface area (Å²) in [7, 11) is 0. The molecular weight excluding hydrogens is 307 g/mol. The number of aliphatic hydroxyl groups excluding tert-OH is 1. The Bertz CT molecular complexity index is 683. The number of benzene rings is 1. The van der Waals surface area contributed by atoms with Gasteiger partial charge in [-0.05, 0) is 49.9 Å². The third kappa shape index (κ3) is 3.35. The van der Waals surface area contributed by atoms with Crippen LogP contribution in [0.15, 0.2) is 30.6 Å². The number of nitrogens with zero attached hydrogens (tertiary/aromatic N) is 4. The van der Waals surface area contributed by atoms with Gasteiger partial charge in [0, 0.05) is 25.0 Å². The Morgan fingerprint density at radius 2 is 2.00 bits per heavy atom. The molecule has 4 rings (SSSR count).